The van der Waals surface area contributed by atoms with Gasteiger partial charge in [-0.1, -0.05) is 30.3 Å². The van der Waals surface area contributed by atoms with Gasteiger partial charge in [0.1, 0.15) is 11.8 Å². The first-order valence-electron chi connectivity index (χ1n) is 5.78. The van der Waals surface area contributed by atoms with E-state index >= 15 is 0 Å². The van der Waals surface area contributed by atoms with Crippen LogP contribution in [0.15, 0.2) is 30.3 Å². The summed E-state index contributed by atoms with van der Waals surface area (Å²) >= 11 is 0. The van der Waals surface area contributed by atoms with Crippen molar-refractivity contribution in [3.05, 3.63) is 35.9 Å². The summed E-state index contributed by atoms with van der Waals surface area (Å²) in [6, 6.07) is 8.32. The van der Waals surface area contributed by atoms with Crippen molar-refractivity contribution >= 4 is 6.09 Å². The van der Waals surface area contributed by atoms with Gasteiger partial charge in [0.05, 0.1) is 6.04 Å². The van der Waals surface area contributed by atoms with Crippen LogP contribution in [-0.4, -0.2) is 23.0 Å². The second kappa shape index (κ2) is 5.84. The second-order valence-electron chi connectivity index (χ2n) is 5.03. The van der Waals surface area contributed by atoms with Gasteiger partial charge < -0.3 is 20.9 Å². The van der Waals surface area contributed by atoms with Crippen molar-refractivity contribution in [1.29, 1.82) is 0 Å². The summed E-state index contributed by atoms with van der Waals surface area (Å²) < 4.78 is 5.12. The van der Waals surface area contributed by atoms with E-state index in [1.54, 1.807) is 32.9 Å². The molecule has 2 unspecified atom stereocenters. The van der Waals surface area contributed by atoms with Crippen molar-refractivity contribution in [2.75, 3.05) is 0 Å². The number of alkyl carbamates (subject to hydrolysis) is 1. The van der Waals surface area contributed by atoms with Gasteiger partial charge in [-0.05, 0) is 26.3 Å². The predicted molar refractivity (Wildman–Crippen MR) is 68.7 cm³/mol. The molecular weight excluding hydrogens is 232 g/mol. The molecule has 100 valence electrons. The molecule has 18 heavy (non-hydrogen) atoms. The van der Waals surface area contributed by atoms with Crippen LogP contribution in [0, 0.1) is 0 Å². The van der Waals surface area contributed by atoms with Crippen LogP contribution < -0.4 is 11.1 Å². The van der Waals surface area contributed by atoms with Gasteiger partial charge in [-0.25, -0.2) is 4.79 Å². The first kappa shape index (κ1) is 14.5. The molecule has 1 amide bonds. The highest BCUT2D eigenvalue weighted by atomic mass is 16.6. The SMILES string of the molecule is CC(C)(C)OC(=O)NC(c1ccccc1)C(N)O. The molecule has 0 bridgehead atoms. The molecule has 0 aromatic heterocycles. The standard InChI is InChI=1S/C13H20N2O3/c1-13(2,3)18-12(17)15-10(11(14)16)9-7-5-4-6-8-9/h4-8,10-11,16H,14H2,1-3H3,(H,15,17). The van der Waals surface area contributed by atoms with Crippen molar-refractivity contribution in [1.82, 2.24) is 5.32 Å². The Kier molecular flexibility index (Phi) is 4.69. The number of rotatable bonds is 3. The maximum Gasteiger partial charge on any atom is 0.408 e. The number of amides is 1. The minimum absolute atomic E-state index is 0.592. The molecular formula is C13H20N2O3. The lowest BCUT2D eigenvalue weighted by Gasteiger charge is -2.25. The van der Waals surface area contributed by atoms with Crippen LogP contribution in [0.3, 0.4) is 0 Å². The van der Waals surface area contributed by atoms with Gasteiger partial charge in [0.2, 0.25) is 0 Å². The number of carbonyl (C=O) groups excluding carboxylic acids is 1. The first-order chi connectivity index (χ1) is 8.29. The average Bonchev–Trinajstić information content (AvgIpc) is 2.24. The quantitative estimate of drug-likeness (QED) is 0.712. The Morgan fingerprint density at radius 2 is 1.89 bits per heavy atom. The zero-order valence-corrected chi connectivity index (χ0v) is 10.9. The van der Waals surface area contributed by atoms with Crippen LogP contribution in [-0.2, 0) is 4.74 Å². The molecule has 4 N–H and O–H groups in total. The summed E-state index contributed by atoms with van der Waals surface area (Å²) in [4.78, 5) is 11.6. The number of benzene rings is 1. The van der Waals surface area contributed by atoms with E-state index in [1.165, 1.54) is 0 Å². The van der Waals surface area contributed by atoms with Crippen molar-refractivity contribution in [3.63, 3.8) is 0 Å². The highest BCUT2D eigenvalue weighted by molar-refractivity contribution is 5.68. The third-order valence-electron chi connectivity index (χ3n) is 2.17. The molecule has 1 aromatic carbocycles. The molecule has 0 aliphatic carbocycles. The lowest BCUT2D eigenvalue weighted by Crippen LogP contribution is -2.42. The summed E-state index contributed by atoms with van der Waals surface area (Å²) in [6.45, 7) is 5.30. The number of carbonyl (C=O) groups is 1. The number of nitrogens with two attached hydrogens (primary N) is 1. The van der Waals surface area contributed by atoms with E-state index in [1.807, 2.05) is 18.2 Å². The number of nitrogens with one attached hydrogen (secondary N) is 1. The first-order valence-corrected chi connectivity index (χ1v) is 5.78. The third kappa shape index (κ3) is 4.73. The Hall–Kier alpha value is -1.59. The summed E-state index contributed by atoms with van der Waals surface area (Å²) in [5, 5.41) is 12.1. The molecule has 1 aromatic rings. The van der Waals surface area contributed by atoms with Gasteiger partial charge in [0.15, 0.2) is 0 Å². The van der Waals surface area contributed by atoms with Crippen LogP contribution in [0.1, 0.15) is 32.4 Å². The maximum absolute atomic E-state index is 11.6. The summed E-state index contributed by atoms with van der Waals surface area (Å²) in [7, 11) is 0. The molecule has 0 spiro atoms. The second-order valence-corrected chi connectivity index (χ2v) is 5.03. The number of hydrogen-bond acceptors (Lipinski definition) is 4. The smallest absolute Gasteiger partial charge is 0.408 e. The maximum atomic E-state index is 11.6. The number of aliphatic hydroxyl groups is 1. The van der Waals surface area contributed by atoms with Gasteiger partial charge in [-0.3, -0.25) is 0 Å². The number of ether oxygens (including phenoxy) is 1. The fraction of sp³-hybridized carbons (Fsp3) is 0.462. The molecule has 0 aliphatic heterocycles. The van der Waals surface area contributed by atoms with E-state index in [2.05, 4.69) is 5.32 Å². The predicted octanol–water partition coefficient (Wildman–Crippen LogP) is 1.53. The normalized spacial score (nSPS) is 14.7. The fourth-order valence-corrected chi connectivity index (χ4v) is 1.46. The molecule has 0 saturated carbocycles. The highest BCUT2D eigenvalue weighted by Gasteiger charge is 2.23. The van der Waals surface area contributed by atoms with E-state index < -0.39 is 24.0 Å². The van der Waals surface area contributed by atoms with Crippen LogP contribution in [0.5, 0.6) is 0 Å². The topological polar surface area (TPSA) is 84.6 Å². The fourth-order valence-electron chi connectivity index (χ4n) is 1.46. The molecule has 5 heteroatoms. The largest absolute Gasteiger partial charge is 0.444 e. The van der Waals surface area contributed by atoms with Gasteiger partial charge in [0, 0.05) is 0 Å². The monoisotopic (exact) mass is 252 g/mol. The Morgan fingerprint density at radius 1 is 1.33 bits per heavy atom. The van der Waals surface area contributed by atoms with Crippen LogP contribution >= 0.6 is 0 Å². The van der Waals surface area contributed by atoms with Crippen LogP contribution in [0.2, 0.25) is 0 Å². The average molecular weight is 252 g/mol. The molecule has 2 atom stereocenters. The van der Waals surface area contributed by atoms with Crippen molar-refractivity contribution in [2.45, 2.75) is 38.6 Å². The van der Waals surface area contributed by atoms with Crippen molar-refractivity contribution in [3.8, 4) is 0 Å². The zero-order valence-electron chi connectivity index (χ0n) is 10.9. The zero-order chi connectivity index (χ0) is 13.8. The summed E-state index contributed by atoms with van der Waals surface area (Å²) in [5.41, 5.74) is 5.59. The molecule has 0 fully saturated rings. The Labute approximate surface area is 107 Å². The molecule has 0 saturated heterocycles. The number of hydrogen-bond donors (Lipinski definition) is 3. The Morgan fingerprint density at radius 3 is 2.33 bits per heavy atom. The van der Waals surface area contributed by atoms with Gasteiger partial charge in [-0.15, -0.1) is 0 Å². The minimum atomic E-state index is -1.19. The van der Waals surface area contributed by atoms with Crippen molar-refractivity contribution in [2.24, 2.45) is 5.73 Å². The Balaban J connectivity index is 2.74. The molecule has 1 rings (SSSR count). The molecule has 0 radical (unpaired) electrons. The third-order valence-corrected chi connectivity index (χ3v) is 2.17. The minimum Gasteiger partial charge on any atom is -0.444 e. The van der Waals surface area contributed by atoms with E-state index in [-0.39, 0.29) is 0 Å². The highest BCUT2D eigenvalue weighted by Crippen LogP contribution is 2.15. The van der Waals surface area contributed by atoms with E-state index in [4.69, 9.17) is 10.5 Å². The molecule has 5 nitrogen and oxygen atoms in total. The van der Waals surface area contributed by atoms with Crippen LogP contribution in [0.4, 0.5) is 4.79 Å². The van der Waals surface area contributed by atoms with Gasteiger partial charge >= 0.3 is 6.09 Å². The van der Waals surface area contributed by atoms with E-state index in [9.17, 15) is 9.90 Å². The van der Waals surface area contributed by atoms with Crippen molar-refractivity contribution < 1.29 is 14.6 Å². The van der Waals surface area contributed by atoms with Gasteiger partial charge in [-0.2, -0.15) is 0 Å². The Bertz CT molecular complexity index is 385. The van der Waals surface area contributed by atoms with Gasteiger partial charge in [0.25, 0.3) is 0 Å². The van der Waals surface area contributed by atoms with Crippen LogP contribution in [0.25, 0.3) is 0 Å². The molecule has 0 aliphatic rings. The lowest BCUT2D eigenvalue weighted by molar-refractivity contribution is 0.0426. The summed E-state index contributed by atoms with van der Waals surface area (Å²) in [5.74, 6) is 0. The summed E-state index contributed by atoms with van der Waals surface area (Å²) in [6.07, 6.45) is -1.80. The lowest BCUT2D eigenvalue weighted by atomic mass is 10.1. The van der Waals surface area contributed by atoms with E-state index in [0.29, 0.717) is 0 Å². The van der Waals surface area contributed by atoms with E-state index in [0.717, 1.165) is 5.56 Å². The molecule has 0 heterocycles. The number of aliphatic hydroxyl groups excluding tert-OH is 1.